The Morgan fingerprint density at radius 3 is 2.73 bits per heavy atom. The Balaban J connectivity index is 1.84. The van der Waals surface area contributed by atoms with Crippen LogP contribution in [0.25, 0.3) is 16.8 Å². The van der Waals surface area contributed by atoms with E-state index in [9.17, 15) is 5.11 Å². The van der Waals surface area contributed by atoms with Crippen molar-refractivity contribution in [2.45, 2.75) is 11.4 Å². The summed E-state index contributed by atoms with van der Waals surface area (Å²) in [5.74, 6) is -0.258. The Morgan fingerprint density at radius 1 is 0.885 bits per heavy atom. The van der Waals surface area contributed by atoms with E-state index in [0.717, 1.165) is 21.9 Å². The molecule has 26 heavy (non-hydrogen) atoms. The van der Waals surface area contributed by atoms with Gasteiger partial charge in [-0.1, -0.05) is 48.5 Å². The Labute approximate surface area is 150 Å². The molecule has 3 aliphatic rings. The Bertz CT molecular complexity index is 1100. The highest BCUT2D eigenvalue weighted by molar-refractivity contribution is 5.96. The van der Waals surface area contributed by atoms with Crippen LogP contribution in [0.3, 0.4) is 0 Å². The minimum atomic E-state index is -1.14. The molecule has 0 spiro atoms. The normalized spacial score (nSPS) is 28.0. The van der Waals surface area contributed by atoms with E-state index >= 15 is 0 Å². The topological polar surface area (TPSA) is 47.9 Å². The molecular formula is C22H16O4. The highest BCUT2D eigenvalue weighted by Crippen LogP contribution is 2.60. The van der Waals surface area contributed by atoms with Gasteiger partial charge in [-0.05, 0) is 29.2 Å². The van der Waals surface area contributed by atoms with Crippen molar-refractivity contribution in [2.75, 3.05) is 13.2 Å². The molecule has 1 saturated heterocycles. The lowest BCUT2D eigenvalue weighted by Crippen LogP contribution is -2.64. The van der Waals surface area contributed by atoms with Crippen LogP contribution in [-0.4, -0.2) is 24.1 Å². The van der Waals surface area contributed by atoms with E-state index in [1.54, 1.807) is 6.07 Å². The Hall–Kier alpha value is -2.82. The van der Waals surface area contributed by atoms with Crippen LogP contribution in [0.5, 0.6) is 11.5 Å². The first-order valence-corrected chi connectivity index (χ1v) is 8.76. The molecule has 0 unspecified atom stereocenters. The van der Waals surface area contributed by atoms with Gasteiger partial charge in [0.1, 0.15) is 11.5 Å². The standard InChI is InChI=1S/C22H16O4/c23-17-9-8-15-5-3-7-18-19(15)20(17)22-16-6-2-1-4-14(16)10-11-21(22,26-18)24-12-13-25-22/h1-11,23H,12-13H2/t21-,22+/m1/s1. The summed E-state index contributed by atoms with van der Waals surface area (Å²) in [6.07, 6.45) is 3.93. The second kappa shape index (κ2) is 4.67. The van der Waals surface area contributed by atoms with Crippen molar-refractivity contribution in [3.63, 3.8) is 0 Å². The molecular weight excluding hydrogens is 328 g/mol. The van der Waals surface area contributed by atoms with Crippen molar-refractivity contribution in [3.8, 4) is 11.5 Å². The fourth-order valence-corrected chi connectivity index (χ4v) is 4.64. The van der Waals surface area contributed by atoms with Crippen molar-refractivity contribution in [1.82, 2.24) is 0 Å². The molecule has 1 fully saturated rings. The van der Waals surface area contributed by atoms with Crippen molar-refractivity contribution >= 4 is 16.8 Å². The number of rotatable bonds is 0. The van der Waals surface area contributed by atoms with Gasteiger partial charge in [-0.15, -0.1) is 0 Å². The van der Waals surface area contributed by atoms with E-state index in [1.807, 2.05) is 60.7 Å². The number of hydrogen-bond acceptors (Lipinski definition) is 4. The molecule has 4 nitrogen and oxygen atoms in total. The van der Waals surface area contributed by atoms with Gasteiger partial charge in [0, 0.05) is 16.5 Å². The molecule has 6 rings (SSSR count). The first-order chi connectivity index (χ1) is 12.8. The molecule has 4 heteroatoms. The second-order valence-corrected chi connectivity index (χ2v) is 6.88. The number of ether oxygens (including phenoxy) is 3. The maximum absolute atomic E-state index is 10.9. The summed E-state index contributed by atoms with van der Waals surface area (Å²) in [5.41, 5.74) is 1.65. The number of hydrogen-bond donors (Lipinski definition) is 1. The summed E-state index contributed by atoms with van der Waals surface area (Å²) >= 11 is 0. The summed E-state index contributed by atoms with van der Waals surface area (Å²) in [6, 6.07) is 17.6. The molecule has 0 amide bonds. The largest absolute Gasteiger partial charge is 0.508 e. The van der Waals surface area contributed by atoms with Gasteiger partial charge in [-0.2, -0.15) is 0 Å². The van der Waals surface area contributed by atoms with E-state index in [4.69, 9.17) is 14.2 Å². The maximum Gasteiger partial charge on any atom is 0.268 e. The zero-order valence-electron chi connectivity index (χ0n) is 13.9. The number of fused-ring (bicyclic) bond motifs is 1. The average Bonchev–Trinajstić information content (AvgIpc) is 2.69. The molecule has 0 radical (unpaired) electrons. The van der Waals surface area contributed by atoms with Gasteiger partial charge in [0.25, 0.3) is 5.79 Å². The van der Waals surface area contributed by atoms with Gasteiger partial charge >= 0.3 is 0 Å². The van der Waals surface area contributed by atoms with Crippen LogP contribution in [0.4, 0.5) is 0 Å². The Morgan fingerprint density at radius 2 is 1.77 bits per heavy atom. The van der Waals surface area contributed by atoms with Crippen LogP contribution >= 0.6 is 0 Å². The lowest BCUT2D eigenvalue weighted by atomic mass is 9.70. The van der Waals surface area contributed by atoms with Gasteiger partial charge < -0.3 is 19.3 Å². The molecule has 1 N–H and O–H groups in total. The van der Waals surface area contributed by atoms with E-state index in [-0.39, 0.29) is 5.75 Å². The fourth-order valence-electron chi connectivity index (χ4n) is 4.64. The zero-order valence-corrected chi connectivity index (χ0v) is 13.9. The molecule has 0 bridgehead atoms. The smallest absolute Gasteiger partial charge is 0.268 e. The van der Waals surface area contributed by atoms with Crippen LogP contribution in [0, 0.1) is 0 Å². The lowest BCUT2D eigenvalue weighted by Gasteiger charge is -2.55. The first kappa shape index (κ1) is 14.4. The molecule has 2 heterocycles. The molecule has 2 aliphatic heterocycles. The van der Waals surface area contributed by atoms with Crippen LogP contribution in [0.15, 0.2) is 60.7 Å². The summed E-state index contributed by atoms with van der Waals surface area (Å²) in [6.45, 7) is 0.846. The number of aromatic hydroxyl groups is 1. The first-order valence-electron chi connectivity index (χ1n) is 8.76. The molecule has 3 aromatic carbocycles. The van der Waals surface area contributed by atoms with Crippen molar-refractivity contribution in [3.05, 3.63) is 77.4 Å². The van der Waals surface area contributed by atoms with Crippen LogP contribution < -0.4 is 4.74 Å². The predicted octanol–water partition coefficient (Wildman–Crippen LogP) is 3.95. The van der Waals surface area contributed by atoms with Gasteiger partial charge in [0.15, 0.2) is 5.60 Å². The lowest BCUT2D eigenvalue weighted by molar-refractivity contribution is -0.306. The van der Waals surface area contributed by atoms with Crippen molar-refractivity contribution in [2.24, 2.45) is 0 Å². The van der Waals surface area contributed by atoms with Gasteiger partial charge in [0.2, 0.25) is 0 Å². The SMILES string of the molecule is Oc1ccc2cccc3c2c1[C@]12OCCO[C@]1(C=Cc1ccccc12)O3. The zero-order chi connectivity index (χ0) is 17.4. The third-order valence-electron chi connectivity index (χ3n) is 5.63. The monoisotopic (exact) mass is 344 g/mol. The summed E-state index contributed by atoms with van der Waals surface area (Å²) in [5, 5.41) is 12.8. The maximum atomic E-state index is 10.9. The van der Waals surface area contributed by atoms with Crippen LogP contribution in [0.1, 0.15) is 16.7 Å². The van der Waals surface area contributed by atoms with Gasteiger partial charge in [-0.3, -0.25) is 0 Å². The van der Waals surface area contributed by atoms with Crippen molar-refractivity contribution < 1.29 is 19.3 Å². The predicted molar refractivity (Wildman–Crippen MR) is 97.1 cm³/mol. The average molecular weight is 344 g/mol. The summed E-state index contributed by atoms with van der Waals surface area (Å²) in [4.78, 5) is 0. The highest BCUT2D eigenvalue weighted by Gasteiger charge is 2.65. The van der Waals surface area contributed by atoms with E-state index in [2.05, 4.69) is 0 Å². The third kappa shape index (κ3) is 1.49. The number of phenolic OH excluding ortho intramolecular Hbond substituents is 1. The van der Waals surface area contributed by atoms with Crippen LogP contribution in [0.2, 0.25) is 0 Å². The molecule has 128 valence electrons. The van der Waals surface area contributed by atoms with Crippen LogP contribution in [-0.2, 0) is 15.1 Å². The summed E-state index contributed by atoms with van der Waals surface area (Å²) < 4.78 is 19.1. The summed E-state index contributed by atoms with van der Waals surface area (Å²) in [7, 11) is 0. The quantitative estimate of drug-likeness (QED) is 0.671. The fraction of sp³-hybridized carbons (Fsp3) is 0.182. The number of benzene rings is 3. The van der Waals surface area contributed by atoms with Crippen molar-refractivity contribution in [1.29, 1.82) is 0 Å². The van der Waals surface area contributed by atoms with E-state index in [0.29, 0.717) is 24.5 Å². The molecule has 1 aliphatic carbocycles. The Kier molecular flexibility index (Phi) is 2.58. The molecule has 2 atom stereocenters. The molecule has 0 saturated carbocycles. The third-order valence-corrected chi connectivity index (χ3v) is 5.63. The minimum Gasteiger partial charge on any atom is -0.508 e. The van der Waals surface area contributed by atoms with Gasteiger partial charge in [0.05, 0.1) is 13.2 Å². The highest BCUT2D eigenvalue weighted by atomic mass is 16.7. The van der Waals surface area contributed by atoms with Gasteiger partial charge in [-0.25, -0.2) is 0 Å². The minimum absolute atomic E-state index is 0.188. The number of phenols is 1. The molecule has 3 aromatic rings. The van der Waals surface area contributed by atoms with E-state index < -0.39 is 11.4 Å². The molecule has 0 aromatic heterocycles. The van der Waals surface area contributed by atoms with E-state index in [1.165, 1.54) is 0 Å². The second-order valence-electron chi connectivity index (χ2n) is 6.88.